The molecule has 340 valence electrons. The lowest BCUT2D eigenvalue weighted by molar-refractivity contribution is -0.332. The topological polar surface area (TPSA) is 336 Å². The van der Waals surface area contributed by atoms with Gasteiger partial charge in [0, 0.05) is 47.8 Å². The summed E-state index contributed by atoms with van der Waals surface area (Å²) in [6.07, 6.45) is -10.3. The van der Waals surface area contributed by atoms with Crippen LogP contribution in [0.15, 0.2) is 38.7 Å². The Labute approximate surface area is 358 Å². The lowest BCUT2D eigenvalue weighted by atomic mass is 9.84. The first-order chi connectivity index (χ1) is 28.5. The molecule has 15 atom stereocenters. The van der Waals surface area contributed by atoms with Crippen LogP contribution in [0.1, 0.15) is 51.0 Å². The molecule has 1 saturated carbocycles. The number of ether oxygens (including phenoxy) is 4. The Morgan fingerprint density at radius 1 is 0.817 bits per heavy atom. The zero-order valence-corrected chi connectivity index (χ0v) is 36.0. The van der Waals surface area contributed by atoms with Crippen molar-refractivity contribution in [2.45, 2.75) is 143 Å². The molecule has 0 radical (unpaired) electrons. The Bertz CT molecular complexity index is 1720. The van der Waals surface area contributed by atoms with Crippen LogP contribution in [-0.4, -0.2) is 197 Å². The zero-order valence-electron chi connectivity index (χ0n) is 33.5. The number of aliphatic hydroxyl groups excluding tert-OH is 7. The highest BCUT2D eigenvalue weighted by Gasteiger charge is 2.51. The van der Waals surface area contributed by atoms with Gasteiger partial charge in [-0.15, -0.1) is 4.40 Å². The summed E-state index contributed by atoms with van der Waals surface area (Å²) >= 11 is 3.43. The first-order valence-electron chi connectivity index (χ1n) is 20.6. The number of halogens is 1. The van der Waals surface area contributed by atoms with Crippen molar-refractivity contribution in [3.63, 3.8) is 0 Å². The van der Waals surface area contributed by atoms with Gasteiger partial charge >= 0.3 is 0 Å². The fraction of sp³-hybridized carbons (Fsp3) is 0.763. The SMILES string of the molecule is CC1=C(c2cccc(Br)c2)S(=O)(=O)N=C1N1CCC(N2CCCCC2)CC1.NC[C@H]1O[C@H](O[C@H]2[C@H](O)[C@@H](O[C@H]3O[C@H](CO)[C@@H](O)[C@H](N)[C@H]3O)[C@H](N)C[C@@H]2N)[C@H](O)[C@@H](O)[C@@H]1O. The third kappa shape index (κ3) is 10.3. The second-order valence-electron chi connectivity index (χ2n) is 16.5. The molecule has 0 aromatic heterocycles. The summed E-state index contributed by atoms with van der Waals surface area (Å²) in [7, 11) is -3.64. The fourth-order valence-corrected chi connectivity index (χ4v) is 10.8. The van der Waals surface area contributed by atoms with Crippen molar-refractivity contribution in [3.05, 3.63) is 39.9 Å². The molecule has 1 aromatic carbocycles. The van der Waals surface area contributed by atoms with Gasteiger partial charge in [0.05, 0.1) is 12.6 Å². The molecular weight excluding hydrogens is 874 g/mol. The van der Waals surface area contributed by atoms with Crippen molar-refractivity contribution < 1.29 is 63.1 Å². The predicted molar refractivity (Wildman–Crippen MR) is 221 cm³/mol. The van der Waals surface area contributed by atoms with Crippen molar-refractivity contribution in [2.75, 3.05) is 39.3 Å². The van der Waals surface area contributed by atoms with E-state index in [1.165, 1.54) is 32.4 Å². The Hall–Kier alpha value is -1.78. The number of aliphatic hydroxyl groups is 7. The van der Waals surface area contributed by atoms with Gasteiger partial charge in [-0.2, -0.15) is 8.42 Å². The molecule has 20 nitrogen and oxygen atoms in total. The van der Waals surface area contributed by atoms with Gasteiger partial charge in [-0.3, -0.25) is 0 Å². The molecule has 0 unspecified atom stereocenters. The quantitative estimate of drug-likeness (QED) is 0.121. The second kappa shape index (κ2) is 20.4. The number of sulfonamides is 1. The van der Waals surface area contributed by atoms with E-state index in [9.17, 15) is 44.2 Å². The van der Waals surface area contributed by atoms with E-state index in [-0.39, 0.29) is 13.0 Å². The van der Waals surface area contributed by atoms with Crippen LogP contribution in [0.3, 0.4) is 0 Å². The zero-order chi connectivity index (χ0) is 43.6. The summed E-state index contributed by atoms with van der Waals surface area (Å²) in [6, 6.07) is 5.21. The molecule has 1 aliphatic carbocycles. The van der Waals surface area contributed by atoms with Crippen molar-refractivity contribution in [1.82, 2.24) is 9.80 Å². The monoisotopic (exact) mass is 935 g/mol. The minimum Gasteiger partial charge on any atom is -0.394 e. The molecule has 5 aliphatic heterocycles. The number of nitrogens with two attached hydrogens (primary N) is 4. The van der Waals surface area contributed by atoms with Crippen molar-refractivity contribution >= 4 is 36.7 Å². The van der Waals surface area contributed by atoms with E-state index in [2.05, 4.69) is 30.1 Å². The van der Waals surface area contributed by atoms with E-state index in [1.54, 1.807) is 0 Å². The average molecular weight is 937 g/mol. The number of hydrogen-bond donors (Lipinski definition) is 11. The highest BCUT2D eigenvalue weighted by Crippen LogP contribution is 2.36. The Balaban J connectivity index is 0.000000205. The van der Waals surface area contributed by atoms with Crippen LogP contribution in [0.25, 0.3) is 4.91 Å². The number of rotatable bonds is 8. The summed E-state index contributed by atoms with van der Waals surface area (Å²) in [5.74, 6) is 0.641. The predicted octanol–water partition coefficient (Wildman–Crippen LogP) is -3.42. The van der Waals surface area contributed by atoms with Gasteiger partial charge in [0.25, 0.3) is 10.0 Å². The molecule has 1 aromatic rings. The summed E-state index contributed by atoms with van der Waals surface area (Å²) in [6.45, 7) is 5.30. The van der Waals surface area contributed by atoms with Gasteiger partial charge in [0.2, 0.25) is 0 Å². The maximum Gasteiger partial charge on any atom is 0.285 e. The van der Waals surface area contributed by atoms with Crippen LogP contribution < -0.4 is 22.9 Å². The van der Waals surface area contributed by atoms with Gasteiger partial charge in [0.15, 0.2) is 12.6 Å². The molecule has 0 spiro atoms. The minimum atomic E-state index is -3.64. The molecule has 0 bridgehead atoms. The molecule has 22 heteroatoms. The highest BCUT2D eigenvalue weighted by molar-refractivity contribution is 9.10. The second-order valence-corrected chi connectivity index (χ2v) is 18.9. The molecule has 15 N–H and O–H groups in total. The van der Waals surface area contributed by atoms with Crippen LogP contribution in [0.4, 0.5) is 0 Å². The first kappa shape index (κ1) is 47.7. The summed E-state index contributed by atoms with van der Waals surface area (Å²) in [5.41, 5.74) is 25.0. The number of piperidine rings is 2. The summed E-state index contributed by atoms with van der Waals surface area (Å²) in [4.78, 5) is 5.14. The van der Waals surface area contributed by atoms with Crippen LogP contribution in [0, 0.1) is 0 Å². The van der Waals surface area contributed by atoms with E-state index in [0.717, 1.165) is 36.0 Å². The largest absolute Gasteiger partial charge is 0.394 e. The maximum absolute atomic E-state index is 12.8. The standard InChI is InChI=1S/C20H26BrN3O2S.C18H36N4O11/c1-15-19(16-6-5-7-17(21)14-16)27(25,26)22-20(15)24-12-8-18(9-13-24)23-10-3-2-4-11-23;19-2-6-10(25)12(27)13(28)18(30-6)33-16-5(21)1-4(20)15(14(16)29)32-17-11(26)8(22)9(24)7(3-23)31-17/h5-7,14,18H,2-4,8-13H2,1H3;4-18,23-29H,1-3,19-22H2/t;4-,5+,6-,7-,8+,9-,10-,11-,12+,13-,14-,15+,16-,17-,18-/m.1/s1. The molecule has 5 fully saturated rings. The van der Waals surface area contributed by atoms with Crippen molar-refractivity contribution in [1.29, 1.82) is 0 Å². The first-order valence-corrected chi connectivity index (χ1v) is 22.8. The van der Waals surface area contributed by atoms with Crippen LogP contribution in [0.5, 0.6) is 0 Å². The number of likely N-dealkylation sites (tertiary alicyclic amines) is 2. The van der Waals surface area contributed by atoms with Crippen molar-refractivity contribution in [2.24, 2.45) is 27.3 Å². The molecule has 60 heavy (non-hydrogen) atoms. The van der Waals surface area contributed by atoms with Gasteiger partial charge in [0.1, 0.15) is 71.8 Å². The van der Waals surface area contributed by atoms with E-state index < -0.39 is 108 Å². The van der Waals surface area contributed by atoms with E-state index in [0.29, 0.717) is 22.3 Å². The highest BCUT2D eigenvalue weighted by atomic mass is 79.9. The van der Waals surface area contributed by atoms with Crippen LogP contribution in [0.2, 0.25) is 0 Å². The van der Waals surface area contributed by atoms with Crippen molar-refractivity contribution in [3.8, 4) is 0 Å². The fourth-order valence-electron chi connectivity index (χ4n) is 8.94. The average Bonchev–Trinajstić information content (AvgIpc) is 3.48. The maximum atomic E-state index is 12.8. The van der Waals surface area contributed by atoms with Gasteiger partial charge in [-0.1, -0.05) is 34.5 Å². The summed E-state index contributed by atoms with van der Waals surface area (Å²) in [5, 5.41) is 70.9. The van der Waals surface area contributed by atoms with Gasteiger partial charge in [-0.25, -0.2) is 0 Å². The number of hydrogen-bond acceptors (Lipinski definition) is 19. The Kier molecular flexibility index (Phi) is 16.2. The third-order valence-corrected chi connectivity index (χ3v) is 14.3. The molecule has 7 rings (SSSR count). The molecule has 6 aliphatic rings. The van der Waals surface area contributed by atoms with Crippen LogP contribution >= 0.6 is 15.9 Å². The van der Waals surface area contributed by atoms with E-state index in [1.807, 2.05) is 31.2 Å². The number of amidine groups is 1. The van der Waals surface area contributed by atoms with E-state index >= 15 is 0 Å². The Morgan fingerprint density at radius 3 is 2.00 bits per heavy atom. The smallest absolute Gasteiger partial charge is 0.285 e. The number of nitrogens with zero attached hydrogens (tertiary/aromatic N) is 3. The third-order valence-electron chi connectivity index (χ3n) is 12.4. The normalized spacial score (nSPS) is 40.5. The summed E-state index contributed by atoms with van der Waals surface area (Å²) < 4.78 is 52.7. The van der Waals surface area contributed by atoms with E-state index in [4.69, 9.17) is 41.9 Å². The lowest BCUT2D eigenvalue weighted by Crippen LogP contribution is -2.68. The number of benzene rings is 1. The molecular formula is C38H62BrN7O13S. The van der Waals surface area contributed by atoms with Crippen LogP contribution in [-0.2, 0) is 29.0 Å². The molecule has 5 heterocycles. The van der Waals surface area contributed by atoms with Gasteiger partial charge in [-0.05, 0) is 69.8 Å². The van der Waals surface area contributed by atoms with Gasteiger partial charge < -0.3 is 87.4 Å². The molecule has 0 amide bonds. The molecule has 4 saturated heterocycles. The minimum absolute atomic E-state index is 0.0849. The lowest BCUT2D eigenvalue weighted by Gasteiger charge is -2.48. The Morgan fingerprint density at radius 2 is 1.42 bits per heavy atom.